The molecule has 1 aromatic carbocycles. The third-order valence-electron chi connectivity index (χ3n) is 2.68. The molecule has 0 radical (unpaired) electrons. The number of nitrogens with zero attached hydrogens (tertiary/aromatic N) is 1. The van der Waals surface area contributed by atoms with Gasteiger partial charge in [0, 0.05) is 6.54 Å². The molecule has 1 rings (SSSR count). The van der Waals surface area contributed by atoms with Crippen LogP contribution in [-0.2, 0) is 10.0 Å². The predicted molar refractivity (Wildman–Crippen MR) is 67.3 cm³/mol. The fourth-order valence-electron chi connectivity index (χ4n) is 1.19. The van der Waals surface area contributed by atoms with E-state index in [1.165, 1.54) is 24.3 Å². The molecule has 0 aliphatic carbocycles. The Kier molecular flexibility index (Phi) is 4.46. The molecule has 2 N–H and O–H groups in total. The van der Waals surface area contributed by atoms with Crippen LogP contribution in [0.5, 0.6) is 0 Å². The maximum Gasteiger partial charge on any atom is 0.240 e. The minimum Gasteiger partial charge on any atom is -0.389 e. The molecule has 0 saturated carbocycles. The Balaban J connectivity index is 2.91. The summed E-state index contributed by atoms with van der Waals surface area (Å²) in [7, 11) is -3.70. The van der Waals surface area contributed by atoms with Crippen LogP contribution in [-0.4, -0.2) is 25.7 Å². The molecule has 1 atom stereocenters. The van der Waals surface area contributed by atoms with Crippen molar-refractivity contribution in [3.05, 3.63) is 29.8 Å². The van der Waals surface area contributed by atoms with Crippen LogP contribution < -0.4 is 4.72 Å². The topological polar surface area (TPSA) is 90.2 Å². The standard InChI is InChI=1S/C12H16N2O3S/c1-3-12(2,15)9-14-18(16,17)11-6-4-5-10(7-11)8-13/h4-7,14-15H,3,9H2,1-2H3. The molecule has 0 heterocycles. The second-order valence-corrected chi connectivity index (χ2v) is 6.08. The summed E-state index contributed by atoms with van der Waals surface area (Å²) >= 11 is 0. The van der Waals surface area contributed by atoms with Crippen molar-refractivity contribution in [3.8, 4) is 6.07 Å². The minimum atomic E-state index is -3.70. The van der Waals surface area contributed by atoms with Gasteiger partial charge in [-0.05, 0) is 31.5 Å². The molecule has 18 heavy (non-hydrogen) atoms. The Morgan fingerprint density at radius 1 is 1.50 bits per heavy atom. The zero-order chi connectivity index (χ0) is 13.8. The minimum absolute atomic E-state index is 0.0217. The second-order valence-electron chi connectivity index (χ2n) is 4.31. The van der Waals surface area contributed by atoms with Crippen molar-refractivity contribution in [3.63, 3.8) is 0 Å². The molecular formula is C12H16N2O3S. The molecule has 0 bridgehead atoms. The molecule has 0 aliphatic heterocycles. The number of nitriles is 1. The SMILES string of the molecule is CCC(C)(O)CNS(=O)(=O)c1cccc(C#N)c1. The summed E-state index contributed by atoms with van der Waals surface area (Å²) in [5, 5.41) is 18.5. The quantitative estimate of drug-likeness (QED) is 0.833. The van der Waals surface area contributed by atoms with Gasteiger partial charge in [0.25, 0.3) is 0 Å². The fourth-order valence-corrected chi connectivity index (χ4v) is 2.40. The summed E-state index contributed by atoms with van der Waals surface area (Å²) < 4.78 is 26.2. The van der Waals surface area contributed by atoms with Crippen molar-refractivity contribution < 1.29 is 13.5 Å². The first-order valence-corrected chi connectivity index (χ1v) is 7.01. The number of hydrogen-bond donors (Lipinski definition) is 2. The van der Waals surface area contributed by atoms with Crippen LogP contribution in [0.2, 0.25) is 0 Å². The van der Waals surface area contributed by atoms with Crippen molar-refractivity contribution in [2.75, 3.05) is 6.54 Å². The first kappa shape index (κ1) is 14.6. The highest BCUT2D eigenvalue weighted by atomic mass is 32.2. The van der Waals surface area contributed by atoms with Crippen molar-refractivity contribution in [1.82, 2.24) is 4.72 Å². The molecule has 0 spiro atoms. The first-order chi connectivity index (χ1) is 8.30. The molecule has 5 nitrogen and oxygen atoms in total. The highest BCUT2D eigenvalue weighted by Crippen LogP contribution is 2.13. The number of rotatable bonds is 5. The summed E-state index contributed by atoms with van der Waals surface area (Å²) in [4.78, 5) is 0.0217. The summed E-state index contributed by atoms with van der Waals surface area (Å²) in [6, 6.07) is 7.62. The maximum absolute atomic E-state index is 11.9. The lowest BCUT2D eigenvalue weighted by Gasteiger charge is -2.21. The molecular weight excluding hydrogens is 252 g/mol. The Hall–Kier alpha value is -1.42. The predicted octanol–water partition coefficient (Wildman–Crippen LogP) is 0.998. The highest BCUT2D eigenvalue weighted by Gasteiger charge is 2.22. The smallest absolute Gasteiger partial charge is 0.240 e. The van der Waals surface area contributed by atoms with Crippen molar-refractivity contribution in [2.45, 2.75) is 30.8 Å². The Morgan fingerprint density at radius 2 is 2.17 bits per heavy atom. The molecule has 0 aliphatic rings. The average Bonchev–Trinajstić information content (AvgIpc) is 2.37. The zero-order valence-electron chi connectivity index (χ0n) is 10.3. The summed E-state index contributed by atoms with van der Waals surface area (Å²) in [6.07, 6.45) is 0.438. The van der Waals surface area contributed by atoms with E-state index < -0.39 is 15.6 Å². The Bertz CT molecular complexity index is 559. The lowest BCUT2D eigenvalue weighted by molar-refractivity contribution is 0.0613. The van der Waals surface area contributed by atoms with Gasteiger partial charge in [-0.3, -0.25) is 0 Å². The van der Waals surface area contributed by atoms with E-state index in [1.807, 2.05) is 6.07 Å². The normalized spacial score (nSPS) is 14.8. The number of benzene rings is 1. The monoisotopic (exact) mass is 268 g/mol. The largest absolute Gasteiger partial charge is 0.389 e. The maximum atomic E-state index is 11.9. The molecule has 0 saturated heterocycles. The van der Waals surface area contributed by atoms with Crippen molar-refractivity contribution >= 4 is 10.0 Å². The van der Waals surface area contributed by atoms with Crippen molar-refractivity contribution in [1.29, 1.82) is 5.26 Å². The van der Waals surface area contributed by atoms with Gasteiger partial charge in [0.2, 0.25) is 10.0 Å². The van der Waals surface area contributed by atoms with Gasteiger partial charge in [0.15, 0.2) is 0 Å². The second kappa shape index (κ2) is 5.48. The molecule has 6 heteroatoms. The summed E-state index contributed by atoms with van der Waals surface area (Å²) in [5.41, 5.74) is -0.806. The van der Waals surface area contributed by atoms with Crippen LogP contribution in [0.25, 0.3) is 0 Å². The van der Waals surface area contributed by atoms with Gasteiger partial charge in [-0.1, -0.05) is 13.0 Å². The molecule has 0 fully saturated rings. The average molecular weight is 268 g/mol. The van der Waals surface area contributed by atoms with Gasteiger partial charge in [-0.2, -0.15) is 5.26 Å². The third-order valence-corrected chi connectivity index (χ3v) is 4.08. The lowest BCUT2D eigenvalue weighted by atomic mass is 10.1. The van der Waals surface area contributed by atoms with Crippen LogP contribution in [0, 0.1) is 11.3 Å². The molecule has 1 unspecified atom stereocenters. The van der Waals surface area contributed by atoms with E-state index in [4.69, 9.17) is 5.26 Å². The molecule has 0 aromatic heterocycles. The van der Waals surface area contributed by atoms with Gasteiger partial charge >= 0.3 is 0 Å². The van der Waals surface area contributed by atoms with E-state index in [-0.39, 0.29) is 17.0 Å². The third kappa shape index (κ3) is 3.81. The van der Waals surface area contributed by atoms with Gasteiger partial charge in [0.1, 0.15) is 0 Å². The highest BCUT2D eigenvalue weighted by molar-refractivity contribution is 7.89. The van der Waals surface area contributed by atoms with Crippen LogP contribution in [0.15, 0.2) is 29.2 Å². The van der Waals surface area contributed by atoms with E-state index in [0.29, 0.717) is 6.42 Å². The van der Waals surface area contributed by atoms with Gasteiger partial charge in [-0.25, -0.2) is 13.1 Å². The Morgan fingerprint density at radius 3 is 2.72 bits per heavy atom. The van der Waals surface area contributed by atoms with Crippen molar-refractivity contribution in [2.24, 2.45) is 0 Å². The molecule has 98 valence electrons. The molecule has 1 aromatic rings. The van der Waals surface area contributed by atoms with Crippen LogP contribution in [0.1, 0.15) is 25.8 Å². The lowest BCUT2D eigenvalue weighted by Crippen LogP contribution is -2.40. The van der Waals surface area contributed by atoms with E-state index in [9.17, 15) is 13.5 Å². The van der Waals surface area contributed by atoms with Gasteiger partial charge in [-0.15, -0.1) is 0 Å². The van der Waals surface area contributed by atoms with Crippen LogP contribution in [0.3, 0.4) is 0 Å². The van der Waals surface area contributed by atoms with Crippen LogP contribution in [0.4, 0.5) is 0 Å². The number of hydrogen-bond acceptors (Lipinski definition) is 4. The van der Waals surface area contributed by atoms with Crippen LogP contribution >= 0.6 is 0 Å². The van der Waals surface area contributed by atoms with E-state index in [2.05, 4.69) is 4.72 Å². The summed E-state index contributed by atoms with van der Waals surface area (Å²) in [6.45, 7) is 3.26. The van der Waals surface area contributed by atoms with Gasteiger partial charge < -0.3 is 5.11 Å². The zero-order valence-corrected chi connectivity index (χ0v) is 11.2. The Labute approximate surface area is 107 Å². The van der Waals surface area contributed by atoms with Gasteiger partial charge in [0.05, 0.1) is 22.1 Å². The number of sulfonamides is 1. The summed E-state index contributed by atoms with van der Waals surface area (Å²) in [5.74, 6) is 0. The van der Waals surface area contributed by atoms with E-state index in [0.717, 1.165) is 0 Å². The van der Waals surface area contributed by atoms with E-state index >= 15 is 0 Å². The first-order valence-electron chi connectivity index (χ1n) is 5.53. The number of nitrogens with one attached hydrogen (secondary N) is 1. The fraction of sp³-hybridized carbons (Fsp3) is 0.417. The van der Waals surface area contributed by atoms with E-state index in [1.54, 1.807) is 13.8 Å². The number of aliphatic hydroxyl groups is 1. The molecule has 0 amide bonds.